The predicted octanol–water partition coefficient (Wildman–Crippen LogP) is 3.92. The first-order valence-corrected chi connectivity index (χ1v) is 12.6. The number of ketones is 1. The Hall–Kier alpha value is -4.66. The second-order valence-corrected chi connectivity index (χ2v) is 10.4. The maximum Gasteiger partial charge on any atom is 0.290 e. The van der Waals surface area contributed by atoms with Crippen molar-refractivity contribution in [2.24, 2.45) is 5.41 Å². The SMILES string of the molecule is CC(C)(CO)C(=O)C(=O)N1CCC(n2nc(-c3ccc(Oc4c(F)c(F)cc(F)c4F)cc3F)c3c(N)ncnc32)C1. The largest absolute Gasteiger partial charge is 0.451 e. The highest BCUT2D eigenvalue weighted by molar-refractivity contribution is 6.38. The first-order valence-electron chi connectivity index (χ1n) is 12.6. The Morgan fingerprint density at radius 2 is 1.76 bits per heavy atom. The molecule has 1 amide bonds. The van der Waals surface area contributed by atoms with Crippen LogP contribution in [0.2, 0.25) is 0 Å². The molecule has 1 saturated heterocycles. The Kier molecular flexibility index (Phi) is 7.30. The molecule has 4 aromatic rings. The van der Waals surface area contributed by atoms with E-state index >= 15 is 4.39 Å². The quantitative estimate of drug-likeness (QED) is 0.188. The second-order valence-electron chi connectivity index (χ2n) is 10.4. The number of aromatic nitrogens is 4. The third-order valence-corrected chi connectivity index (χ3v) is 7.01. The minimum atomic E-state index is -1.79. The number of aliphatic hydroxyl groups excluding tert-OH is 1. The van der Waals surface area contributed by atoms with Crippen molar-refractivity contribution in [3.8, 4) is 22.8 Å². The van der Waals surface area contributed by atoms with E-state index in [4.69, 9.17) is 10.5 Å². The summed E-state index contributed by atoms with van der Waals surface area (Å²) in [6, 6.07) is 2.54. The summed E-state index contributed by atoms with van der Waals surface area (Å²) < 4.78 is 77.0. The van der Waals surface area contributed by atoms with Gasteiger partial charge >= 0.3 is 0 Å². The number of rotatable bonds is 7. The molecular formula is C27H23F5N6O4. The molecule has 2 aromatic carbocycles. The Bertz CT molecular complexity index is 1720. The zero-order chi connectivity index (χ0) is 30.5. The number of anilines is 1. The highest BCUT2D eigenvalue weighted by Crippen LogP contribution is 2.37. The number of nitrogens with zero attached hydrogens (tertiary/aromatic N) is 5. The van der Waals surface area contributed by atoms with Gasteiger partial charge in [0.1, 0.15) is 29.4 Å². The van der Waals surface area contributed by atoms with Crippen LogP contribution in [-0.4, -0.2) is 61.1 Å². The van der Waals surface area contributed by atoms with E-state index in [0.29, 0.717) is 6.42 Å². The van der Waals surface area contributed by atoms with Crippen molar-refractivity contribution < 1.29 is 41.4 Å². The van der Waals surface area contributed by atoms with Crippen molar-refractivity contribution in [1.82, 2.24) is 24.6 Å². The van der Waals surface area contributed by atoms with Gasteiger partial charge in [0, 0.05) is 30.8 Å². The van der Waals surface area contributed by atoms with Crippen LogP contribution in [0, 0.1) is 34.5 Å². The summed E-state index contributed by atoms with van der Waals surface area (Å²) in [6.45, 7) is 2.70. The lowest BCUT2D eigenvalue weighted by molar-refractivity contribution is -0.149. The van der Waals surface area contributed by atoms with Crippen LogP contribution in [0.3, 0.4) is 0 Å². The minimum Gasteiger partial charge on any atom is -0.451 e. The summed E-state index contributed by atoms with van der Waals surface area (Å²) in [5, 5.41) is 14.1. The summed E-state index contributed by atoms with van der Waals surface area (Å²) in [4.78, 5) is 34.9. The molecule has 5 rings (SSSR count). The normalized spacial score (nSPS) is 15.4. The van der Waals surface area contributed by atoms with Gasteiger partial charge in [-0.15, -0.1) is 0 Å². The minimum absolute atomic E-state index is 0.00331. The van der Waals surface area contributed by atoms with Crippen molar-refractivity contribution in [2.75, 3.05) is 25.4 Å². The van der Waals surface area contributed by atoms with Crippen LogP contribution in [0.15, 0.2) is 30.6 Å². The molecular weight excluding hydrogens is 567 g/mol. The first kappa shape index (κ1) is 28.9. The van der Waals surface area contributed by atoms with E-state index in [1.165, 1.54) is 29.8 Å². The number of aliphatic hydroxyl groups is 1. The summed E-state index contributed by atoms with van der Waals surface area (Å²) in [5.74, 6) is -11.3. The van der Waals surface area contributed by atoms with E-state index in [-0.39, 0.29) is 47.3 Å². The predicted molar refractivity (Wildman–Crippen MR) is 138 cm³/mol. The van der Waals surface area contributed by atoms with Crippen LogP contribution < -0.4 is 10.5 Å². The Morgan fingerprint density at radius 1 is 1.07 bits per heavy atom. The van der Waals surface area contributed by atoms with E-state index in [2.05, 4.69) is 15.1 Å². The Balaban J connectivity index is 1.48. The summed E-state index contributed by atoms with van der Waals surface area (Å²) in [7, 11) is 0. The molecule has 1 aliphatic heterocycles. The molecule has 10 nitrogen and oxygen atoms in total. The molecule has 3 heterocycles. The van der Waals surface area contributed by atoms with Crippen LogP contribution in [0.5, 0.6) is 11.5 Å². The van der Waals surface area contributed by atoms with Crippen molar-refractivity contribution in [3.63, 3.8) is 0 Å². The molecule has 1 atom stereocenters. The molecule has 0 spiro atoms. The fourth-order valence-corrected chi connectivity index (χ4v) is 4.58. The summed E-state index contributed by atoms with van der Waals surface area (Å²) in [5.41, 5.74) is 4.93. The van der Waals surface area contributed by atoms with Crippen LogP contribution >= 0.6 is 0 Å². The third kappa shape index (κ3) is 4.89. The lowest BCUT2D eigenvalue weighted by Crippen LogP contribution is -2.43. The number of hydrogen-bond acceptors (Lipinski definition) is 8. The van der Waals surface area contributed by atoms with Gasteiger partial charge in [0.15, 0.2) is 17.3 Å². The first-order chi connectivity index (χ1) is 19.8. The lowest BCUT2D eigenvalue weighted by atomic mass is 9.88. The summed E-state index contributed by atoms with van der Waals surface area (Å²) >= 11 is 0. The van der Waals surface area contributed by atoms with E-state index < -0.39 is 70.3 Å². The smallest absolute Gasteiger partial charge is 0.290 e. The number of carbonyl (C=O) groups is 2. The fraction of sp³-hybridized carbons (Fsp3) is 0.296. The number of nitrogens with two attached hydrogens (primary N) is 1. The number of halogens is 5. The van der Waals surface area contributed by atoms with E-state index in [0.717, 1.165) is 18.2 Å². The van der Waals surface area contributed by atoms with Crippen LogP contribution in [0.4, 0.5) is 27.8 Å². The van der Waals surface area contributed by atoms with Crippen LogP contribution in [-0.2, 0) is 9.59 Å². The van der Waals surface area contributed by atoms with Gasteiger partial charge in [-0.2, -0.15) is 13.9 Å². The van der Waals surface area contributed by atoms with Gasteiger partial charge in [0.05, 0.1) is 23.4 Å². The number of hydrogen-bond donors (Lipinski definition) is 2. The molecule has 1 aliphatic rings. The maximum absolute atomic E-state index is 15.4. The molecule has 1 unspecified atom stereocenters. The molecule has 3 N–H and O–H groups in total. The van der Waals surface area contributed by atoms with Crippen molar-refractivity contribution in [2.45, 2.75) is 26.3 Å². The van der Waals surface area contributed by atoms with Crippen molar-refractivity contribution in [1.29, 1.82) is 0 Å². The lowest BCUT2D eigenvalue weighted by Gasteiger charge is -2.23. The highest BCUT2D eigenvalue weighted by atomic mass is 19.2. The average Bonchev–Trinajstić information content (AvgIpc) is 3.60. The Morgan fingerprint density at radius 3 is 2.40 bits per heavy atom. The molecule has 15 heteroatoms. The number of likely N-dealkylation sites (tertiary alicyclic amines) is 1. The Labute approximate surface area is 234 Å². The maximum atomic E-state index is 15.4. The molecule has 42 heavy (non-hydrogen) atoms. The van der Waals surface area contributed by atoms with E-state index in [1.54, 1.807) is 0 Å². The van der Waals surface area contributed by atoms with Gasteiger partial charge in [-0.1, -0.05) is 13.8 Å². The number of nitrogen functional groups attached to an aromatic ring is 1. The number of fused-ring (bicyclic) bond motifs is 1. The van der Waals surface area contributed by atoms with E-state index in [1.807, 2.05) is 0 Å². The van der Waals surface area contributed by atoms with Gasteiger partial charge in [0.25, 0.3) is 5.91 Å². The number of amides is 1. The topological polar surface area (TPSA) is 136 Å². The number of ether oxygens (including phenoxy) is 1. The number of carbonyl (C=O) groups excluding carboxylic acids is 2. The molecule has 2 aromatic heterocycles. The molecule has 220 valence electrons. The fourth-order valence-electron chi connectivity index (χ4n) is 4.58. The molecule has 0 radical (unpaired) electrons. The number of Topliss-reactive ketones (excluding diaryl/α,β-unsaturated/α-hetero) is 1. The zero-order valence-corrected chi connectivity index (χ0v) is 22.2. The third-order valence-electron chi connectivity index (χ3n) is 7.01. The van der Waals surface area contributed by atoms with Gasteiger partial charge in [-0.3, -0.25) is 9.59 Å². The highest BCUT2D eigenvalue weighted by Gasteiger charge is 2.39. The van der Waals surface area contributed by atoms with Gasteiger partial charge in [-0.25, -0.2) is 27.8 Å². The summed E-state index contributed by atoms with van der Waals surface area (Å²) in [6.07, 6.45) is 1.55. The van der Waals surface area contributed by atoms with Gasteiger partial charge in [0.2, 0.25) is 23.2 Å². The van der Waals surface area contributed by atoms with E-state index in [9.17, 15) is 32.3 Å². The molecule has 0 saturated carbocycles. The average molecular weight is 591 g/mol. The zero-order valence-electron chi connectivity index (χ0n) is 22.2. The monoisotopic (exact) mass is 590 g/mol. The van der Waals surface area contributed by atoms with Crippen LogP contribution in [0.1, 0.15) is 26.3 Å². The second kappa shape index (κ2) is 10.6. The van der Waals surface area contributed by atoms with Crippen molar-refractivity contribution in [3.05, 3.63) is 59.7 Å². The molecule has 0 bridgehead atoms. The standard InChI is InChI=1S/C27H23F5N6O4/c1-27(2,10-39)23(40)26(41)37-6-5-12(9-37)38-25-18(24(33)34-11-35-25)21(36-38)14-4-3-13(7-15(14)28)42-22-19(31)16(29)8-17(30)20(22)32/h3-4,7-8,11-12,39H,5-6,9-10H2,1-2H3,(H2,33,34,35). The van der Waals surface area contributed by atoms with Crippen molar-refractivity contribution >= 4 is 28.5 Å². The molecule has 0 aliphatic carbocycles. The number of benzene rings is 2. The molecule has 1 fully saturated rings. The van der Waals surface area contributed by atoms with Crippen LogP contribution in [0.25, 0.3) is 22.3 Å². The van der Waals surface area contributed by atoms with Gasteiger partial charge < -0.3 is 20.5 Å². The van der Waals surface area contributed by atoms with Gasteiger partial charge in [-0.05, 0) is 18.6 Å².